The number of terminal acetylenes is 1. The molecule has 0 aliphatic carbocycles. The Labute approximate surface area is 66.9 Å². The Kier molecular flexibility index (Phi) is 2.67. The van der Waals surface area contributed by atoms with Gasteiger partial charge in [-0.25, -0.2) is 0 Å². The predicted molar refractivity (Wildman–Crippen MR) is 42.0 cm³/mol. The number of carbonyl (C=O) groups is 1. The lowest BCUT2D eigenvalue weighted by atomic mass is 10.0. The Balaban J connectivity index is 2.52. The van der Waals surface area contributed by atoms with Gasteiger partial charge in [0.2, 0.25) is 0 Å². The predicted octanol–water partition coefficient (Wildman–Crippen LogP) is 1.15. The van der Waals surface area contributed by atoms with Gasteiger partial charge in [-0.1, -0.05) is 12.8 Å². The number of ether oxygens (including phenoxy) is 1. The van der Waals surface area contributed by atoms with Crippen molar-refractivity contribution in [2.24, 2.45) is 0 Å². The van der Waals surface area contributed by atoms with Crippen molar-refractivity contribution in [2.75, 3.05) is 0 Å². The average molecular weight is 152 g/mol. The van der Waals surface area contributed by atoms with E-state index in [4.69, 9.17) is 11.2 Å². The topological polar surface area (TPSA) is 26.3 Å². The highest BCUT2D eigenvalue weighted by Crippen LogP contribution is 2.17. The van der Waals surface area contributed by atoms with Crippen molar-refractivity contribution in [1.29, 1.82) is 0 Å². The summed E-state index contributed by atoms with van der Waals surface area (Å²) in [5.74, 6) is 2.68. The first-order valence-electron chi connectivity index (χ1n) is 3.89. The maximum absolute atomic E-state index is 11.0. The molecule has 60 valence electrons. The van der Waals surface area contributed by atoms with E-state index in [0.717, 1.165) is 6.42 Å². The molecule has 0 radical (unpaired) electrons. The summed E-state index contributed by atoms with van der Waals surface area (Å²) >= 11 is 0. The molecular weight excluding hydrogens is 140 g/mol. The van der Waals surface area contributed by atoms with E-state index >= 15 is 0 Å². The SMILES string of the molecule is C#C[C@@H]1CC(=O)C[C@@H](CC)O1. The van der Waals surface area contributed by atoms with E-state index in [-0.39, 0.29) is 18.0 Å². The van der Waals surface area contributed by atoms with Gasteiger partial charge in [0.25, 0.3) is 0 Å². The number of hydrogen-bond donors (Lipinski definition) is 0. The van der Waals surface area contributed by atoms with Crippen molar-refractivity contribution in [3.63, 3.8) is 0 Å². The third kappa shape index (κ3) is 2.06. The van der Waals surface area contributed by atoms with Crippen LogP contribution in [0.1, 0.15) is 26.2 Å². The third-order valence-electron chi connectivity index (χ3n) is 1.87. The number of ketones is 1. The monoisotopic (exact) mass is 152 g/mol. The van der Waals surface area contributed by atoms with E-state index in [9.17, 15) is 4.79 Å². The summed E-state index contributed by atoms with van der Waals surface area (Å²) in [6.07, 6.45) is 6.73. The normalized spacial score (nSPS) is 31.5. The fourth-order valence-electron chi connectivity index (χ4n) is 1.21. The Morgan fingerprint density at radius 3 is 3.00 bits per heavy atom. The fourth-order valence-corrected chi connectivity index (χ4v) is 1.21. The van der Waals surface area contributed by atoms with E-state index in [1.807, 2.05) is 6.92 Å². The first kappa shape index (κ1) is 8.29. The summed E-state index contributed by atoms with van der Waals surface area (Å²) < 4.78 is 5.40. The molecule has 0 aromatic rings. The van der Waals surface area contributed by atoms with Crippen LogP contribution in [0.5, 0.6) is 0 Å². The third-order valence-corrected chi connectivity index (χ3v) is 1.87. The van der Waals surface area contributed by atoms with Crippen LogP contribution in [-0.2, 0) is 9.53 Å². The number of hydrogen-bond acceptors (Lipinski definition) is 2. The molecule has 0 unspecified atom stereocenters. The number of rotatable bonds is 1. The molecule has 0 N–H and O–H groups in total. The molecular formula is C9H12O2. The summed E-state index contributed by atoms with van der Waals surface area (Å²) in [4.78, 5) is 11.0. The molecule has 1 rings (SSSR count). The fraction of sp³-hybridized carbons (Fsp3) is 0.667. The lowest BCUT2D eigenvalue weighted by molar-refractivity contribution is -0.131. The minimum absolute atomic E-state index is 0.0531. The molecule has 2 atom stereocenters. The smallest absolute Gasteiger partial charge is 0.139 e. The quantitative estimate of drug-likeness (QED) is 0.527. The standard InChI is InChI=1S/C9H12O2/c1-3-8-5-7(10)6-9(4-2)11-8/h1,8-9H,4-6H2,2H3/t8-,9-/m1/s1. The molecule has 0 aromatic heterocycles. The lowest BCUT2D eigenvalue weighted by Crippen LogP contribution is -2.31. The van der Waals surface area contributed by atoms with E-state index in [0.29, 0.717) is 12.8 Å². The minimum Gasteiger partial charge on any atom is -0.361 e. The molecule has 0 saturated carbocycles. The minimum atomic E-state index is -0.277. The Morgan fingerprint density at radius 2 is 2.45 bits per heavy atom. The zero-order valence-corrected chi connectivity index (χ0v) is 6.67. The van der Waals surface area contributed by atoms with Crippen molar-refractivity contribution in [2.45, 2.75) is 38.4 Å². The largest absolute Gasteiger partial charge is 0.361 e. The highest BCUT2D eigenvalue weighted by Gasteiger charge is 2.24. The molecule has 1 aliphatic rings. The van der Waals surface area contributed by atoms with Crippen LogP contribution >= 0.6 is 0 Å². The molecule has 0 bridgehead atoms. The average Bonchev–Trinajstić information content (AvgIpc) is 2.03. The molecule has 2 nitrogen and oxygen atoms in total. The maximum Gasteiger partial charge on any atom is 0.139 e. The number of Topliss-reactive ketones (excluding diaryl/α,β-unsaturated/α-hetero) is 1. The zero-order valence-electron chi connectivity index (χ0n) is 6.67. The first-order valence-corrected chi connectivity index (χ1v) is 3.89. The summed E-state index contributed by atoms with van der Waals surface area (Å²) in [6.45, 7) is 2.00. The van der Waals surface area contributed by atoms with Crippen molar-refractivity contribution in [3.05, 3.63) is 0 Å². The van der Waals surface area contributed by atoms with Crippen LogP contribution < -0.4 is 0 Å². The van der Waals surface area contributed by atoms with Crippen molar-refractivity contribution >= 4 is 5.78 Å². The Morgan fingerprint density at radius 1 is 1.73 bits per heavy atom. The van der Waals surface area contributed by atoms with Gasteiger partial charge >= 0.3 is 0 Å². The maximum atomic E-state index is 11.0. The van der Waals surface area contributed by atoms with E-state index in [1.165, 1.54) is 0 Å². The molecule has 1 saturated heterocycles. The van der Waals surface area contributed by atoms with Gasteiger partial charge in [0, 0.05) is 12.8 Å². The summed E-state index contributed by atoms with van der Waals surface area (Å²) in [5, 5.41) is 0. The number of carbonyl (C=O) groups excluding carboxylic acids is 1. The Hall–Kier alpha value is -0.810. The lowest BCUT2D eigenvalue weighted by Gasteiger charge is -2.24. The summed E-state index contributed by atoms with van der Waals surface area (Å²) in [7, 11) is 0. The van der Waals surface area contributed by atoms with Crippen molar-refractivity contribution < 1.29 is 9.53 Å². The van der Waals surface area contributed by atoms with Crippen molar-refractivity contribution in [3.8, 4) is 12.3 Å². The van der Waals surface area contributed by atoms with Gasteiger partial charge in [-0.2, -0.15) is 0 Å². The Bertz CT molecular complexity index is 190. The zero-order chi connectivity index (χ0) is 8.27. The first-order chi connectivity index (χ1) is 5.26. The molecule has 11 heavy (non-hydrogen) atoms. The highest BCUT2D eigenvalue weighted by atomic mass is 16.5. The second-order valence-electron chi connectivity index (χ2n) is 2.77. The molecule has 0 aromatic carbocycles. The molecule has 0 amide bonds. The highest BCUT2D eigenvalue weighted by molar-refractivity contribution is 5.80. The van der Waals surface area contributed by atoms with Gasteiger partial charge in [-0.15, -0.1) is 6.42 Å². The van der Waals surface area contributed by atoms with E-state index < -0.39 is 0 Å². The van der Waals surface area contributed by atoms with Crippen LogP contribution in [0.15, 0.2) is 0 Å². The van der Waals surface area contributed by atoms with Crippen LogP contribution in [0.3, 0.4) is 0 Å². The van der Waals surface area contributed by atoms with Gasteiger partial charge in [-0.05, 0) is 6.42 Å². The molecule has 0 spiro atoms. The van der Waals surface area contributed by atoms with Crippen LogP contribution in [0.4, 0.5) is 0 Å². The van der Waals surface area contributed by atoms with E-state index in [2.05, 4.69) is 5.92 Å². The van der Waals surface area contributed by atoms with Gasteiger partial charge in [-0.3, -0.25) is 4.79 Å². The van der Waals surface area contributed by atoms with Gasteiger partial charge in [0.1, 0.15) is 11.9 Å². The van der Waals surface area contributed by atoms with Gasteiger partial charge < -0.3 is 4.74 Å². The van der Waals surface area contributed by atoms with E-state index in [1.54, 1.807) is 0 Å². The van der Waals surface area contributed by atoms with Crippen molar-refractivity contribution in [1.82, 2.24) is 0 Å². The second kappa shape index (κ2) is 3.54. The summed E-state index contributed by atoms with van der Waals surface area (Å²) in [5.41, 5.74) is 0. The van der Waals surface area contributed by atoms with Crippen LogP contribution in [0.25, 0.3) is 0 Å². The molecule has 1 fully saturated rings. The van der Waals surface area contributed by atoms with Gasteiger partial charge in [0.15, 0.2) is 0 Å². The van der Waals surface area contributed by atoms with Crippen LogP contribution in [0.2, 0.25) is 0 Å². The van der Waals surface area contributed by atoms with Crippen LogP contribution in [0, 0.1) is 12.3 Å². The second-order valence-corrected chi connectivity index (χ2v) is 2.77. The molecule has 2 heteroatoms. The van der Waals surface area contributed by atoms with Crippen LogP contribution in [-0.4, -0.2) is 18.0 Å². The molecule has 1 heterocycles. The summed E-state index contributed by atoms with van der Waals surface area (Å²) in [6, 6.07) is 0. The molecule has 1 aliphatic heterocycles. The van der Waals surface area contributed by atoms with Gasteiger partial charge in [0.05, 0.1) is 6.10 Å².